The third-order valence-corrected chi connectivity index (χ3v) is 2.40. The normalized spacial score (nSPS) is 12.0. The first-order valence-corrected chi connectivity index (χ1v) is 6.06. The second-order valence-electron chi connectivity index (χ2n) is 4.90. The lowest BCUT2D eigenvalue weighted by Crippen LogP contribution is -2.35. The average Bonchev–Trinajstić information content (AvgIpc) is 2.08. The van der Waals surface area contributed by atoms with E-state index in [4.69, 9.17) is 5.73 Å². The van der Waals surface area contributed by atoms with Crippen LogP contribution in [-0.2, 0) is 0 Å². The zero-order valence-electron chi connectivity index (χ0n) is 10.2. The summed E-state index contributed by atoms with van der Waals surface area (Å²) < 4.78 is 0. The zero-order chi connectivity index (χ0) is 10.9. The fraction of sp³-hybridized carbons (Fsp3) is 1.00. The summed E-state index contributed by atoms with van der Waals surface area (Å²) in [4.78, 5) is 0. The highest BCUT2D eigenvalue weighted by atomic mass is 14.9. The van der Waals surface area contributed by atoms with E-state index in [1.165, 1.54) is 32.1 Å². The summed E-state index contributed by atoms with van der Waals surface area (Å²) in [6, 6.07) is 0. The van der Waals surface area contributed by atoms with Crippen LogP contribution in [0.1, 0.15) is 59.3 Å². The van der Waals surface area contributed by atoms with Gasteiger partial charge in [0.15, 0.2) is 0 Å². The maximum absolute atomic E-state index is 5.88. The molecule has 86 valence electrons. The molecule has 0 heterocycles. The summed E-state index contributed by atoms with van der Waals surface area (Å²) in [6.45, 7) is 8.62. The van der Waals surface area contributed by atoms with Gasteiger partial charge in [0.1, 0.15) is 0 Å². The van der Waals surface area contributed by atoms with Gasteiger partial charge in [-0.1, -0.05) is 32.6 Å². The van der Waals surface area contributed by atoms with Gasteiger partial charge < -0.3 is 11.1 Å². The highest BCUT2D eigenvalue weighted by molar-refractivity contribution is 4.72. The van der Waals surface area contributed by atoms with E-state index in [0.717, 1.165) is 19.5 Å². The first-order chi connectivity index (χ1) is 6.56. The smallest absolute Gasteiger partial charge is 0.0109 e. The monoisotopic (exact) mass is 200 g/mol. The number of nitrogens with two attached hydrogens (primary N) is 1. The van der Waals surface area contributed by atoms with Crippen LogP contribution in [0.5, 0.6) is 0 Å². The van der Waals surface area contributed by atoms with Crippen LogP contribution in [-0.4, -0.2) is 18.6 Å². The number of nitrogens with one attached hydrogen (secondary N) is 1. The van der Waals surface area contributed by atoms with E-state index < -0.39 is 0 Å². The number of hydrogen-bond acceptors (Lipinski definition) is 2. The van der Waals surface area contributed by atoms with Gasteiger partial charge in [-0.05, 0) is 39.8 Å². The zero-order valence-corrected chi connectivity index (χ0v) is 10.2. The van der Waals surface area contributed by atoms with Gasteiger partial charge in [-0.3, -0.25) is 0 Å². The van der Waals surface area contributed by atoms with Crippen molar-refractivity contribution in [3.05, 3.63) is 0 Å². The molecule has 0 aliphatic rings. The molecule has 2 nitrogen and oxygen atoms in total. The SMILES string of the molecule is CCCCCCCNCCC(C)(C)N. The van der Waals surface area contributed by atoms with Crippen LogP contribution in [0.3, 0.4) is 0 Å². The Morgan fingerprint density at radius 1 is 1.00 bits per heavy atom. The lowest BCUT2D eigenvalue weighted by molar-refractivity contribution is 0.451. The largest absolute Gasteiger partial charge is 0.326 e. The van der Waals surface area contributed by atoms with E-state index in [9.17, 15) is 0 Å². The second-order valence-corrected chi connectivity index (χ2v) is 4.90. The number of hydrogen-bond donors (Lipinski definition) is 2. The summed E-state index contributed by atoms with van der Waals surface area (Å²) in [5, 5.41) is 3.44. The van der Waals surface area contributed by atoms with E-state index in [2.05, 4.69) is 26.1 Å². The molecule has 0 aromatic rings. The van der Waals surface area contributed by atoms with Crippen molar-refractivity contribution >= 4 is 0 Å². The van der Waals surface area contributed by atoms with Crippen molar-refractivity contribution in [1.29, 1.82) is 0 Å². The minimum atomic E-state index is -0.0186. The third kappa shape index (κ3) is 11.9. The Morgan fingerprint density at radius 2 is 1.64 bits per heavy atom. The van der Waals surface area contributed by atoms with Crippen LogP contribution in [0.4, 0.5) is 0 Å². The van der Waals surface area contributed by atoms with E-state index in [-0.39, 0.29) is 5.54 Å². The standard InChI is InChI=1S/C12H28N2/c1-4-5-6-7-8-10-14-11-9-12(2,3)13/h14H,4-11,13H2,1-3H3. The highest BCUT2D eigenvalue weighted by Gasteiger charge is 2.08. The molecule has 0 fully saturated rings. The molecule has 14 heavy (non-hydrogen) atoms. The molecule has 0 atom stereocenters. The maximum Gasteiger partial charge on any atom is 0.0109 e. The molecule has 0 rings (SSSR count). The molecule has 0 amide bonds. The van der Waals surface area contributed by atoms with Crippen LogP contribution in [0.15, 0.2) is 0 Å². The lowest BCUT2D eigenvalue weighted by atomic mass is 10.0. The summed E-state index contributed by atoms with van der Waals surface area (Å²) in [7, 11) is 0. The Balaban J connectivity index is 2.99. The summed E-state index contributed by atoms with van der Waals surface area (Å²) in [5.74, 6) is 0. The van der Waals surface area contributed by atoms with Crippen LogP contribution < -0.4 is 11.1 Å². The fourth-order valence-electron chi connectivity index (χ4n) is 1.39. The predicted molar refractivity (Wildman–Crippen MR) is 64.5 cm³/mol. The average molecular weight is 200 g/mol. The summed E-state index contributed by atoms with van der Waals surface area (Å²) in [6.07, 6.45) is 7.84. The van der Waals surface area contributed by atoms with Crippen LogP contribution in [0.2, 0.25) is 0 Å². The fourth-order valence-corrected chi connectivity index (χ4v) is 1.39. The van der Waals surface area contributed by atoms with E-state index in [1.54, 1.807) is 0 Å². The van der Waals surface area contributed by atoms with Crippen molar-refractivity contribution in [2.75, 3.05) is 13.1 Å². The Morgan fingerprint density at radius 3 is 2.21 bits per heavy atom. The molecular weight excluding hydrogens is 172 g/mol. The first kappa shape index (κ1) is 13.9. The molecule has 0 bridgehead atoms. The van der Waals surface area contributed by atoms with Gasteiger partial charge in [0.2, 0.25) is 0 Å². The van der Waals surface area contributed by atoms with Crippen molar-refractivity contribution in [3.8, 4) is 0 Å². The second kappa shape index (κ2) is 8.25. The van der Waals surface area contributed by atoms with E-state index in [0.29, 0.717) is 0 Å². The number of unbranched alkanes of at least 4 members (excludes halogenated alkanes) is 4. The molecule has 2 heteroatoms. The summed E-state index contributed by atoms with van der Waals surface area (Å²) >= 11 is 0. The lowest BCUT2D eigenvalue weighted by Gasteiger charge is -2.18. The van der Waals surface area contributed by atoms with Gasteiger partial charge in [0.25, 0.3) is 0 Å². The molecule has 0 aliphatic carbocycles. The Labute approximate surface area is 89.6 Å². The van der Waals surface area contributed by atoms with E-state index in [1.807, 2.05) is 0 Å². The maximum atomic E-state index is 5.88. The van der Waals surface area contributed by atoms with Crippen molar-refractivity contribution in [3.63, 3.8) is 0 Å². The van der Waals surface area contributed by atoms with Gasteiger partial charge >= 0.3 is 0 Å². The van der Waals surface area contributed by atoms with Crippen molar-refractivity contribution < 1.29 is 0 Å². The van der Waals surface area contributed by atoms with Gasteiger partial charge in [-0.15, -0.1) is 0 Å². The van der Waals surface area contributed by atoms with Gasteiger partial charge in [0.05, 0.1) is 0 Å². The van der Waals surface area contributed by atoms with Crippen LogP contribution in [0.25, 0.3) is 0 Å². The quantitative estimate of drug-likeness (QED) is 0.562. The van der Waals surface area contributed by atoms with Crippen LogP contribution in [0, 0.1) is 0 Å². The minimum absolute atomic E-state index is 0.0186. The van der Waals surface area contributed by atoms with Crippen molar-refractivity contribution in [1.82, 2.24) is 5.32 Å². The Hall–Kier alpha value is -0.0800. The predicted octanol–water partition coefficient (Wildman–Crippen LogP) is 2.67. The van der Waals surface area contributed by atoms with Gasteiger partial charge in [-0.25, -0.2) is 0 Å². The van der Waals surface area contributed by atoms with Gasteiger partial charge in [0, 0.05) is 5.54 Å². The molecule has 0 aliphatic heterocycles. The molecule has 3 N–H and O–H groups in total. The van der Waals surface area contributed by atoms with Crippen LogP contribution >= 0.6 is 0 Å². The molecule has 0 aromatic carbocycles. The van der Waals surface area contributed by atoms with Gasteiger partial charge in [-0.2, -0.15) is 0 Å². The molecule has 0 radical (unpaired) electrons. The Bertz CT molecular complexity index is 116. The Kier molecular flexibility index (Phi) is 8.20. The minimum Gasteiger partial charge on any atom is -0.326 e. The highest BCUT2D eigenvalue weighted by Crippen LogP contribution is 2.02. The molecule has 0 saturated carbocycles. The molecule has 0 spiro atoms. The molecule has 0 aromatic heterocycles. The summed E-state index contributed by atoms with van der Waals surface area (Å²) in [5.41, 5.74) is 5.86. The van der Waals surface area contributed by atoms with Crippen molar-refractivity contribution in [2.24, 2.45) is 5.73 Å². The molecule has 0 unspecified atom stereocenters. The molecular formula is C12H28N2. The van der Waals surface area contributed by atoms with Crippen molar-refractivity contribution in [2.45, 2.75) is 64.8 Å². The topological polar surface area (TPSA) is 38.0 Å². The molecule has 0 saturated heterocycles. The first-order valence-electron chi connectivity index (χ1n) is 6.06. The third-order valence-electron chi connectivity index (χ3n) is 2.40. The van der Waals surface area contributed by atoms with E-state index >= 15 is 0 Å². The number of rotatable bonds is 9.